The molecule has 3 N–H and O–H groups in total. The molecular formula is C48H84N2O7S2. The Morgan fingerprint density at radius 3 is 1.95 bits per heavy atom. The Kier molecular flexibility index (Phi) is 34.3. The van der Waals surface area contributed by atoms with E-state index < -0.39 is 33.7 Å². The second kappa shape index (κ2) is 34.8. The summed E-state index contributed by atoms with van der Waals surface area (Å²) in [6, 6.07) is 14.0. The van der Waals surface area contributed by atoms with Gasteiger partial charge in [-0.25, -0.2) is 13.2 Å². The summed E-state index contributed by atoms with van der Waals surface area (Å²) in [5.41, 5.74) is 4.74. The molecule has 0 bridgehead atoms. The number of aryl methyl sites for hydroxylation is 1. The summed E-state index contributed by atoms with van der Waals surface area (Å²) in [6.07, 6.45) is 18.3. The highest BCUT2D eigenvalue weighted by atomic mass is 32.2. The van der Waals surface area contributed by atoms with Gasteiger partial charge in [0.15, 0.2) is 0 Å². The van der Waals surface area contributed by atoms with Crippen LogP contribution in [-0.2, 0) is 26.0 Å². The van der Waals surface area contributed by atoms with Crippen LogP contribution in [0.3, 0.4) is 0 Å². The summed E-state index contributed by atoms with van der Waals surface area (Å²) in [5, 5.41) is 20.8. The number of sulfone groups is 1. The molecule has 340 valence electrons. The number of carboxylic acids is 2. The first-order valence-corrected chi connectivity index (χ1v) is 25.9. The summed E-state index contributed by atoms with van der Waals surface area (Å²) in [5.74, 6) is -1.34. The van der Waals surface area contributed by atoms with Crippen LogP contribution < -0.4 is 5.32 Å². The molecule has 3 unspecified atom stereocenters. The van der Waals surface area contributed by atoms with Gasteiger partial charge in [0.2, 0.25) is 0 Å². The van der Waals surface area contributed by atoms with Crippen molar-refractivity contribution >= 4 is 39.4 Å². The maximum Gasteiger partial charge on any atom is 0.326 e. The van der Waals surface area contributed by atoms with Crippen LogP contribution in [0, 0.1) is 18.8 Å². The van der Waals surface area contributed by atoms with Crippen molar-refractivity contribution in [1.82, 2.24) is 10.2 Å². The van der Waals surface area contributed by atoms with Crippen molar-refractivity contribution in [2.24, 2.45) is 11.8 Å². The van der Waals surface area contributed by atoms with E-state index in [1.807, 2.05) is 52.1 Å². The topological polar surface area (TPSA) is 141 Å². The van der Waals surface area contributed by atoms with Crippen molar-refractivity contribution in [3.63, 3.8) is 0 Å². The molecule has 1 amide bonds. The predicted molar refractivity (Wildman–Crippen MR) is 253 cm³/mol. The van der Waals surface area contributed by atoms with Gasteiger partial charge in [-0.1, -0.05) is 144 Å². The largest absolute Gasteiger partial charge is 0.481 e. The summed E-state index contributed by atoms with van der Waals surface area (Å²) in [6.45, 7) is 22.2. The minimum absolute atomic E-state index is 0.0551. The molecule has 59 heavy (non-hydrogen) atoms. The minimum Gasteiger partial charge on any atom is -0.481 e. The Labute approximate surface area is 365 Å². The quantitative estimate of drug-likeness (QED) is 0.150. The van der Waals surface area contributed by atoms with Gasteiger partial charge >= 0.3 is 11.9 Å². The van der Waals surface area contributed by atoms with E-state index in [9.17, 15) is 27.9 Å². The molecule has 2 fully saturated rings. The maximum atomic E-state index is 13.4. The molecule has 1 aliphatic carbocycles. The van der Waals surface area contributed by atoms with Crippen LogP contribution in [0.25, 0.3) is 11.1 Å². The van der Waals surface area contributed by atoms with Gasteiger partial charge in [0.25, 0.3) is 5.91 Å². The number of likely N-dealkylation sites (tertiary alicyclic amines) is 1. The number of carboxylic acid groups (broad SMARTS) is 2. The van der Waals surface area contributed by atoms with Gasteiger partial charge in [-0.05, 0) is 97.9 Å². The number of hydrogen-bond donors (Lipinski definition) is 3. The van der Waals surface area contributed by atoms with E-state index in [1.54, 1.807) is 11.8 Å². The normalized spacial score (nSPS) is 16.0. The standard InChI is InChI=1S/C31H42N2O3S.C6H12O4S.C4H10.C3H8.2C2H6/c1-22-9-6-7-13-26(22)28-20-24(14-15-27(28)30(34)32-29(31(35)36)16-18-37-2)21-33-17-8-12-25(33)19-23-10-4-3-5-11-23;1-5(6(7)8)3-4-11(2,9)10;1-3-4-2;1-3-2;2*1-2/h6-7,9,13-15,20,23,25,29H,3-5,8,10-12,16-19,21H2,1-2H3,(H,32,34)(H,35,36);5H,3-4H2,1-2H3,(H,7,8);3-4H2,1-2H3;3H2,1-2H3;2*1-2H3. The van der Waals surface area contributed by atoms with E-state index in [0.717, 1.165) is 42.0 Å². The SMILES string of the molecule is CC.CC.CC(CCS(C)(=O)=O)C(=O)O.CCC.CCCC.CSCCC(NC(=O)c1ccc(CN2CCCC2CC2CCCCC2)cc1-c1ccccc1C)C(=O)O. The fourth-order valence-corrected chi connectivity index (χ4v) is 7.89. The highest BCUT2D eigenvalue weighted by Crippen LogP contribution is 2.34. The zero-order valence-corrected chi connectivity index (χ0v) is 40.7. The molecule has 3 atom stereocenters. The lowest BCUT2D eigenvalue weighted by molar-refractivity contribution is -0.141. The Morgan fingerprint density at radius 2 is 1.44 bits per heavy atom. The van der Waals surface area contributed by atoms with Crippen LogP contribution in [0.15, 0.2) is 42.5 Å². The van der Waals surface area contributed by atoms with E-state index in [4.69, 9.17) is 5.11 Å². The van der Waals surface area contributed by atoms with E-state index in [2.05, 4.69) is 69.1 Å². The number of benzene rings is 2. The van der Waals surface area contributed by atoms with Crippen molar-refractivity contribution in [1.29, 1.82) is 0 Å². The Hall–Kier alpha value is -2.89. The molecule has 1 saturated heterocycles. The Bertz CT molecular complexity index is 1520. The maximum absolute atomic E-state index is 13.4. The predicted octanol–water partition coefficient (Wildman–Crippen LogP) is 11.9. The number of aliphatic carboxylic acids is 2. The number of amides is 1. The number of carbonyl (C=O) groups excluding carboxylic acids is 1. The third-order valence-electron chi connectivity index (χ3n) is 10.0. The number of hydrogen-bond acceptors (Lipinski definition) is 7. The molecule has 0 spiro atoms. The van der Waals surface area contributed by atoms with E-state index in [1.165, 1.54) is 83.1 Å². The van der Waals surface area contributed by atoms with Gasteiger partial charge < -0.3 is 15.5 Å². The van der Waals surface area contributed by atoms with Crippen LogP contribution in [0.5, 0.6) is 0 Å². The lowest BCUT2D eigenvalue weighted by Gasteiger charge is -2.30. The molecule has 0 radical (unpaired) electrons. The zero-order chi connectivity index (χ0) is 45.4. The molecule has 9 nitrogen and oxygen atoms in total. The van der Waals surface area contributed by atoms with Crippen LogP contribution >= 0.6 is 11.8 Å². The van der Waals surface area contributed by atoms with E-state index in [-0.39, 0.29) is 18.1 Å². The molecule has 1 saturated carbocycles. The van der Waals surface area contributed by atoms with E-state index in [0.29, 0.717) is 23.8 Å². The van der Waals surface area contributed by atoms with Crippen molar-refractivity contribution < 1.29 is 33.0 Å². The lowest BCUT2D eigenvalue weighted by atomic mass is 9.84. The highest BCUT2D eigenvalue weighted by Gasteiger charge is 2.29. The molecule has 4 rings (SSSR count). The van der Waals surface area contributed by atoms with Gasteiger partial charge in [-0.15, -0.1) is 0 Å². The molecule has 0 aromatic heterocycles. The van der Waals surface area contributed by atoms with Crippen LogP contribution in [-0.4, -0.2) is 84.0 Å². The summed E-state index contributed by atoms with van der Waals surface area (Å²) in [4.78, 5) is 38.0. The zero-order valence-electron chi connectivity index (χ0n) is 39.1. The number of carbonyl (C=O) groups is 3. The molecule has 2 aromatic rings. The minimum atomic E-state index is -3.02. The van der Waals surface area contributed by atoms with Gasteiger partial charge in [-0.3, -0.25) is 14.5 Å². The summed E-state index contributed by atoms with van der Waals surface area (Å²) < 4.78 is 21.1. The summed E-state index contributed by atoms with van der Waals surface area (Å²) in [7, 11) is -3.02. The third-order valence-corrected chi connectivity index (χ3v) is 11.7. The second-order valence-corrected chi connectivity index (χ2v) is 18.5. The van der Waals surface area contributed by atoms with Crippen molar-refractivity contribution in [2.75, 3.05) is 30.6 Å². The van der Waals surface area contributed by atoms with Gasteiger partial charge in [0.05, 0.1) is 11.7 Å². The first kappa shape index (κ1) is 58.2. The monoisotopic (exact) mass is 865 g/mol. The molecule has 11 heteroatoms. The summed E-state index contributed by atoms with van der Waals surface area (Å²) >= 11 is 1.58. The average molecular weight is 865 g/mol. The molecule has 1 heterocycles. The molecule has 2 aromatic carbocycles. The number of unbranched alkanes of at least 4 members (excludes halogenated alkanes) is 1. The first-order chi connectivity index (χ1) is 28.1. The van der Waals surface area contributed by atoms with Crippen LogP contribution in [0.2, 0.25) is 0 Å². The highest BCUT2D eigenvalue weighted by molar-refractivity contribution is 7.98. The molecular weight excluding hydrogens is 781 g/mol. The van der Waals surface area contributed by atoms with Crippen molar-refractivity contribution in [3.8, 4) is 11.1 Å². The van der Waals surface area contributed by atoms with Gasteiger partial charge in [0.1, 0.15) is 15.9 Å². The van der Waals surface area contributed by atoms with Crippen LogP contribution in [0.1, 0.15) is 167 Å². The fraction of sp³-hybridized carbons (Fsp3) is 0.688. The van der Waals surface area contributed by atoms with E-state index >= 15 is 0 Å². The molecule has 1 aliphatic heterocycles. The second-order valence-electron chi connectivity index (χ2n) is 15.2. The van der Waals surface area contributed by atoms with Crippen LogP contribution in [0.4, 0.5) is 0 Å². The van der Waals surface area contributed by atoms with Gasteiger partial charge in [0, 0.05) is 24.4 Å². The smallest absolute Gasteiger partial charge is 0.326 e. The van der Waals surface area contributed by atoms with Crippen molar-refractivity contribution in [2.45, 2.75) is 171 Å². The fourth-order valence-electron chi connectivity index (χ4n) is 6.64. The lowest BCUT2D eigenvalue weighted by Crippen LogP contribution is -2.41. The number of rotatable bonds is 16. The van der Waals surface area contributed by atoms with Crippen molar-refractivity contribution in [3.05, 3.63) is 59.2 Å². The number of nitrogens with zero attached hydrogens (tertiary/aromatic N) is 1. The molecule has 2 aliphatic rings. The Morgan fingerprint density at radius 1 is 0.847 bits per heavy atom. The Balaban J connectivity index is 0. The third kappa shape index (κ3) is 25.5. The first-order valence-electron chi connectivity index (χ1n) is 22.5. The average Bonchev–Trinajstić information content (AvgIpc) is 3.66. The number of thioether (sulfide) groups is 1. The number of nitrogens with one attached hydrogen (secondary N) is 1. The van der Waals surface area contributed by atoms with Gasteiger partial charge in [-0.2, -0.15) is 11.8 Å².